The van der Waals surface area contributed by atoms with E-state index < -0.39 is 0 Å². The number of nitrogens with zero attached hydrogens (tertiary/aromatic N) is 2. The molecule has 162 valence electrons. The van der Waals surface area contributed by atoms with Gasteiger partial charge in [-0.2, -0.15) is 0 Å². The van der Waals surface area contributed by atoms with Gasteiger partial charge in [0, 0.05) is 30.2 Å². The monoisotopic (exact) mass is 437 g/mol. The van der Waals surface area contributed by atoms with Crippen molar-refractivity contribution in [2.45, 2.75) is 38.1 Å². The summed E-state index contributed by atoms with van der Waals surface area (Å²) in [5, 5.41) is 10.1. The molecule has 0 bridgehead atoms. The van der Waals surface area contributed by atoms with Crippen LogP contribution in [0.5, 0.6) is 0 Å². The van der Waals surface area contributed by atoms with Gasteiger partial charge >= 0.3 is 0 Å². The highest BCUT2D eigenvalue weighted by atomic mass is 32.2. The van der Waals surface area contributed by atoms with Crippen molar-refractivity contribution in [3.8, 4) is 0 Å². The molecule has 0 fully saturated rings. The maximum Gasteiger partial charge on any atom is 0.238 e. The number of anilines is 3. The maximum atomic E-state index is 13.1. The lowest BCUT2D eigenvalue weighted by Gasteiger charge is -2.20. The third-order valence-electron chi connectivity index (χ3n) is 4.47. The summed E-state index contributed by atoms with van der Waals surface area (Å²) in [6, 6.07) is 14.9. The Labute approximate surface area is 186 Å². The van der Waals surface area contributed by atoms with Crippen molar-refractivity contribution in [3.05, 3.63) is 48.5 Å². The summed E-state index contributed by atoms with van der Waals surface area (Å²) in [6.45, 7) is 8.20. The number of para-hydroxylation sites is 1. The molecule has 2 aromatic carbocycles. The minimum atomic E-state index is -0.389. The Morgan fingerprint density at radius 1 is 1.00 bits per heavy atom. The van der Waals surface area contributed by atoms with Crippen LogP contribution in [0.15, 0.2) is 53.7 Å². The van der Waals surface area contributed by atoms with Gasteiger partial charge in [0.25, 0.3) is 0 Å². The van der Waals surface area contributed by atoms with Crippen LogP contribution in [0.2, 0.25) is 0 Å². The van der Waals surface area contributed by atoms with E-state index in [-0.39, 0.29) is 23.0 Å². The van der Waals surface area contributed by atoms with E-state index in [1.54, 1.807) is 24.3 Å². The minimum Gasteiger partial charge on any atom is -0.370 e. The van der Waals surface area contributed by atoms with E-state index in [4.69, 9.17) is 0 Å². The van der Waals surface area contributed by atoms with Gasteiger partial charge in [-0.05, 0) is 43.2 Å². The first-order valence-electron chi connectivity index (χ1n) is 10.2. The van der Waals surface area contributed by atoms with Gasteiger partial charge in [-0.15, -0.1) is 0 Å². The molecule has 0 aliphatic carbocycles. The second-order valence-electron chi connectivity index (χ2n) is 7.44. The average Bonchev–Trinajstić information content (AvgIpc) is 2.71. The van der Waals surface area contributed by atoms with Crippen molar-refractivity contribution >= 4 is 51.7 Å². The lowest BCUT2D eigenvalue weighted by molar-refractivity contribution is -0.116. The number of rotatable bonds is 8. The van der Waals surface area contributed by atoms with Gasteiger partial charge in [0.15, 0.2) is 5.16 Å². The summed E-state index contributed by atoms with van der Waals surface area (Å²) in [4.78, 5) is 33.7. The molecule has 0 spiro atoms. The Morgan fingerprint density at radius 2 is 1.71 bits per heavy atom. The molecule has 0 saturated heterocycles. The molecule has 8 heteroatoms. The fraction of sp³-hybridized carbons (Fsp3) is 0.304. The number of hydrogen-bond acceptors (Lipinski definition) is 6. The third-order valence-corrected chi connectivity index (χ3v) is 5.88. The number of thioether (sulfide) groups is 1. The van der Waals surface area contributed by atoms with Gasteiger partial charge in [-0.3, -0.25) is 9.59 Å². The molecule has 3 rings (SSSR count). The van der Waals surface area contributed by atoms with Crippen LogP contribution >= 0.6 is 11.8 Å². The van der Waals surface area contributed by atoms with E-state index in [0.717, 1.165) is 23.3 Å². The predicted molar refractivity (Wildman–Crippen MR) is 128 cm³/mol. The van der Waals surface area contributed by atoms with Crippen molar-refractivity contribution in [1.29, 1.82) is 0 Å². The first-order valence-corrected chi connectivity index (χ1v) is 11.1. The summed E-state index contributed by atoms with van der Waals surface area (Å²) in [5.74, 6) is 0.522. The van der Waals surface area contributed by atoms with E-state index >= 15 is 0 Å². The SMILES string of the molecule is CCNc1nc(SC(C(=O)Nc2cccc(NC(C)=O)c2)C(C)C)nc2ccccc12. The smallest absolute Gasteiger partial charge is 0.238 e. The van der Waals surface area contributed by atoms with Gasteiger partial charge in [-0.25, -0.2) is 9.97 Å². The quantitative estimate of drug-likeness (QED) is 0.347. The summed E-state index contributed by atoms with van der Waals surface area (Å²) in [6.07, 6.45) is 0. The summed E-state index contributed by atoms with van der Waals surface area (Å²) in [5.41, 5.74) is 2.09. The fourth-order valence-corrected chi connectivity index (χ4v) is 4.07. The van der Waals surface area contributed by atoms with Crippen LogP contribution in [0.3, 0.4) is 0 Å². The fourth-order valence-electron chi connectivity index (χ4n) is 3.11. The van der Waals surface area contributed by atoms with Crippen LogP contribution in [0.4, 0.5) is 17.2 Å². The van der Waals surface area contributed by atoms with Gasteiger partial charge in [0.1, 0.15) is 5.82 Å². The second kappa shape index (κ2) is 10.3. The zero-order valence-electron chi connectivity index (χ0n) is 18.1. The molecule has 3 N–H and O–H groups in total. The van der Waals surface area contributed by atoms with Crippen molar-refractivity contribution < 1.29 is 9.59 Å². The van der Waals surface area contributed by atoms with E-state index in [1.165, 1.54) is 18.7 Å². The number of carbonyl (C=O) groups excluding carboxylic acids is 2. The third kappa shape index (κ3) is 5.95. The zero-order chi connectivity index (χ0) is 22.4. The standard InChI is InChI=1S/C23H27N5O2S/c1-5-24-21-18-11-6-7-12-19(18)27-23(28-21)31-20(14(2)3)22(30)26-17-10-8-9-16(13-17)25-15(4)29/h6-14,20H,5H2,1-4H3,(H,25,29)(H,26,30)(H,24,27,28). The molecule has 1 unspecified atom stereocenters. The van der Waals surface area contributed by atoms with Crippen LogP contribution in [0, 0.1) is 5.92 Å². The van der Waals surface area contributed by atoms with Crippen molar-refractivity contribution in [3.63, 3.8) is 0 Å². The second-order valence-corrected chi connectivity index (χ2v) is 8.54. The molecule has 0 saturated carbocycles. The van der Waals surface area contributed by atoms with Crippen LogP contribution in [-0.2, 0) is 9.59 Å². The topological polar surface area (TPSA) is 96.0 Å². The Hall–Kier alpha value is -3.13. The van der Waals surface area contributed by atoms with Crippen molar-refractivity contribution in [2.75, 3.05) is 22.5 Å². The van der Waals surface area contributed by atoms with Crippen LogP contribution in [-0.4, -0.2) is 33.6 Å². The first kappa shape index (κ1) is 22.6. The van der Waals surface area contributed by atoms with E-state index in [0.29, 0.717) is 16.5 Å². The number of nitrogens with one attached hydrogen (secondary N) is 3. The van der Waals surface area contributed by atoms with Gasteiger partial charge in [-0.1, -0.05) is 43.8 Å². The lowest BCUT2D eigenvalue weighted by Crippen LogP contribution is -2.30. The number of hydrogen-bond donors (Lipinski definition) is 3. The van der Waals surface area contributed by atoms with Crippen molar-refractivity contribution in [2.24, 2.45) is 5.92 Å². The maximum absolute atomic E-state index is 13.1. The molecule has 0 radical (unpaired) electrons. The molecular formula is C23H27N5O2S. The first-order chi connectivity index (χ1) is 14.9. The zero-order valence-corrected chi connectivity index (χ0v) is 18.9. The van der Waals surface area contributed by atoms with Gasteiger partial charge in [0.2, 0.25) is 11.8 Å². The highest BCUT2D eigenvalue weighted by Gasteiger charge is 2.25. The van der Waals surface area contributed by atoms with E-state index in [9.17, 15) is 9.59 Å². The summed E-state index contributed by atoms with van der Waals surface area (Å²) >= 11 is 1.35. The minimum absolute atomic E-state index is 0.0566. The Morgan fingerprint density at radius 3 is 2.39 bits per heavy atom. The molecule has 1 aromatic heterocycles. The van der Waals surface area contributed by atoms with Gasteiger partial charge < -0.3 is 16.0 Å². The normalized spacial score (nSPS) is 11.9. The number of aromatic nitrogens is 2. The molecule has 0 aliphatic rings. The largest absolute Gasteiger partial charge is 0.370 e. The number of carbonyl (C=O) groups is 2. The van der Waals surface area contributed by atoms with E-state index in [1.807, 2.05) is 45.0 Å². The molecule has 1 atom stereocenters. The Kier molecular flexibility index (Phi) is 7.46. The number of benzene rings is 2. The predicted octanol–water partition coefficient (Wildman–Crippen LogP) is 4.78. The van der Waals surface area contributed by atoms with Gasteiger partial charge in [0.05, 0.1) is 10.8 Å². The highest BCUT2D eigenvalue weighted by molar-refractivity contribution is 8.00. The number of fused-ring (bicyclic) bond motifs is 1. The molecule has 1 heterocycles. The Bertz CT molecular complexity index is 1090. The molecule has 3 aromatic rings. The van der Waals surface area contributed by atoms with Crippen LogP contribution in [0.1, 0.15) is 27.7 Å². The Balaban J connectivity index is 1.83. The van der Waals surface area contributed by atoms with E-state index in [2.05, 4.69) is 25.9 Å². The highest BCUT2D eigenvalue weighted by Crippen LogP contribution is 2.30. The van der Waals surface area contributed by atoms with Crippen molar-refractivity contribution in [1.82, 2.24) is 9.97 Å². The lowest BCUT2D eigenvalue weighted by atomic mass is 10.1. The van der Waals surface area contributed by atoms with Crippen LogP contribution < -0.4 is 16.0 Å². The number of amides is 2. The van der Waals surface area contributed by atoms with Crippen LogP contribution in [0.25, 0.3) is 10.9 Å². The molecule has 0 aliphatic heterocycles. The summed E-state index contributed by atoms with van der Waals surface area (Å²) < 4.78 is 0. The molecule has 31 heavy (non-hydrogen) atoms. The molecular weight excluding hydrogens is 410 g/mol. The molecule has 7 nitrogen and oxygen atoms in total. The molecule has 2 amide bonds. The summed E-state index contributed by atoms with van der Waals surface area (Å²) in [7, 11) is 0. The average molecular weight is 438 g/mol.